The van der Waals surface area contributed by atoms with Crippen molar-refractivity contribution in [1.29, 1.82) is 0 Å². The van der Waals surface area contributed by atoms with Crippen molar-refractivity contribution in [3.8, 4) is 0 Å². The maximum absolute atomic E-state index is 12.7. The number of amides is 1. The van der Waals surface area contributed by atoms with Crippen molar-refractivity contribution in [2.45, 2.75) is 51.7 Å². The Bertz CT molecular complexity index is 796. The second-order valence-corrected chi connectivity index (χ2v) is 8.75. The van der Waals surface area contributed by atoms with Gasteiger partial charge in [0.15, 0.2) is 9.84 Å². The summed E-state index contributed by atoms with van der Waals surface area (Å²) in [6, 6.07) is -0.204. The Hall–Kier alpha value is -1.97. The lowest BCUT2D eigenvalue weighted by atomic mass is 10.2. The Kier molecular flexibility index (Phi) is 4.10. The standard InChI is InChI=1S/C14H20N4O5S/c1-9-14(18(20)21)10(2)16(15-9)7-13(19)17(11-3-4-11)12-5-6-24(22,23)8-12/h11-12H,3-8H2,1-2H3/t12-/m0/s1. The number of aryl methyl sites for hydroxylation is 1. The first-order valence-electron chi connectivity index (χ1n) is 7.89. The van der Waals surface area contributed by atoms with Gasteiger partial charge in [-0.25, -0.2) is 8.42 Å². The van der Waals surface area contributed by atoms with E-state index in [2.05, 4.69) is 5.10 Å². The maximum atomic E-state index is 12.7. The number of aromatic nitrogens is 2. The van der Waals surface area contributed by atoms with Crippen LogP contribution in [0.25, 0.3) is 0 Å². The van der Waals surface area contributed by atoms with E-state index in [1.54, 1.807) is 11.8 Å². The van der Waals surface area contributed by atoms with E-state index < -0.39 is 14.8 Å². The Labute approximate surface area is 139 Å². The largest absolute Gasteiger partial charge is 0.334 e. The van der Waals surface area contributed by atoms with Crippen molar-refractivity contribution in [2.75, 3.05) is 11.5 Å². The molecule has 0 spiro atoms. The molecule has 0 N–H and O–H groups in total. The molecule has 1 saturated heterocycles. The lowest BCUT2D eigenvalue weighted by molar-refractivity contribution is -0.386. The van der Waals surface area contributed by atoms with Gasteiger partial charge in [0.25, 0.3) is 0 Å². The highest BCUT2D eigenvalue weighted by Gasteiger charge is 2.42. The van der Waals surface area contributed by atoms with Crippen LogP contribution in [-0.4, -0.2) is 57.5 Å². The molecule has 1 atom stereocenters. The molecule has 2 aliphatic rings. The molecule has 3 rings (SSSR count). The van der Waals surface area contributed by atoms with Gasteiger partial charge in [0.1, 0.15) is 17.9 Å². The molecule has 10 heteroatoms. The highest BCUT2D eigenvalue weighted by molar-refractivity contribution is 7.91. The number of carbonyl (C=O) groups is 1. The molecule has 0 radical (unpaired) electrons. The molecule has 1 aliphatic heterocycles. The minimum atomic E-state index is -3.08. The summed E-state index contributed by atoms with van der Waals surface area (Å²) >= 11 is 0. The monoisotopic (exact) mass is 356 g/mol. The van der Waals surface area contributed by atoms with E-state index in [0.29, 0.717) is 12.1 Å². The summed E-state index contributed by atoms with van der Waals surface area (Å²) in [6.07, 6.45) is 2.21. The van der Waals surface area contributed by atoms with Crippen LogP contribution >= 0.6 is 0 Å². The van der Waals surface area contributed by atoms with Crippen LogP contribution in [0.15, 0.2) is 0 Å². The van der Waals surface area contributed by atoms with Crippen LogP contribution in [-0.2, 0) is 21.2 Å². The van der Waals surface area contributed by atoms with Gasteiger partial charge in [-0.1, -0.05) is 0 Å². The summed E-state index contributed by atoms with van der Waals surface area (Å²) in [4.78, 5) is 25.0. The topological polar surface area (TPSA) is 115 Å². The van der Waals surface area contributed by atoms with Gasteiger partial charge in [-0.05, 0) is 33.1 Å². The van der Waals surface area contributed by atoms with Crippen LogP contribution in [0.1, 0.15) is 30.7 Å². The van der Waals surface area contributed by atoms with Gasteiger partial charge in [0, 0.05) is 12.1 Å². The number of nitrogens with zero attached hydrogens (tertiary/aromatic N) is 4. The summed E-state index contributed by atoms with van der Waals surface area (Å²) in [7, 11) is -3.08. The number of sulfone groups is 1. The number of carbonyl (C=O) groups excluding carboxylic acids is 1. The summed E-state index contributed by atoms with van der Waals surface area (Å²) in [5, 5.41) is 15.2. The summed E-state index contributed by atoms with van der Waals surface area (Å²) in [5.74, 6) is -0.105. The van der Waals surface area contributed by atoms with Crippen molar-refractivity contribution >= 4 is 21.4 Å². The molecule has 2 fully saturated rings. The van der Waals surface area contributed by atoms with E-state index in [1.165, 1.54) is 11.6 Å². The van der Waals surface area contributed by atoms with E-state index in [4.69, 9.17) is 0 Å². The molecule has 1 aromatic rings. The van der Waals surface area contributed by atoms with Gasteiger partial charge in [-0.15, -0.1) is 0 Å². The molecule has 1 amide bonds. The molecule has 2 heterocycles. The lowest BCUT2D eigenvalue weighted by Gasteiger charge is -2.28. The van der Waals surface area contributed by atoms with Crippen molar-refractivity contribution in [3.63, 3.8) is 0 Å². The van der Waals surface area contributed by atoms with E-state index >= 15 is 0 Å². The van der Waals surface area contributed by atoms with Crippen LogP contribution in [0.3, 0.4) is 0 Å². The minimum Gasteiger partial charge on any atom is -0.334 e. The normalized spacial score (nSPS) is 22.5. The molecule has 0 bridgehead atoms. The molecule has 9 nitrogen and oxygen atoms in total. The first-order valence-corrected chi connectivity index (χ1v) is 9.71. The smallest absolute Gasteiger partial charge is 0.312 e. The zero-order valence-electron chi connectivity index (χ0n) is 13.6. The fourth-order valence-electron chi connectivity index (χ4n) is 3.37. The van der Waals surface area contributed by atoms with Gasteiger partial charge in [-0.3, -0.25) is 19.6 Å². The average Bonchev–Trinajstić information content (AvgIpc) is 3.15. The quantitative estimate of drug-likeness (QED) is 0.563. The predicted octanol–water partition coefficient (Wildman–Crippen LogP) is 0.586. The zero-order chi connectivity index (χ0) is 17.6. The van der Waals surface area contributed by atoms with Gasteiger partial charge >= 0.3 is 5.69 Å². The van der Waals surface area contributed by atoms with Crippen molar-refractivity contribution in [1.82, 2.24) is 14.7 Å². The first kappa shape index (κ1) is 16.9. The van der Waals surface area contributed by atoms with Crippen molar-refractivity contribution in [2.24, 2.45) is 0 Å². The summed E-state index contributed by atoms with van der Waals surface area (Å²) in [5.41, 5.74) is 0.525. The minimum absolute atomic E-state index is 0.00645. The molecule has 1 saturated carbocycles. The Morgan fingerprint density at radius 1 is 1.33 bits per heavy atom. The highest BCUT2D eigenvalue weighted by Crippen LogP contribution is 2.32. The summed E-state index contributed by atoms with van der Waals surface area (Å²) in [6.45, 7) is 2.99. The molecular formula is C14H20N4O5S. The molecule has 24 heavy (non-hydrogen) atoms. The third-order valence-corrected chi connectivity index (χ3v) is 6.39. The fourth-order valence-corrected chi connectivity index (χ4v) is 5.08. The number of nitro groups is 1. The van der Waals surface area contributed by atoms with Crippen LogP contribution in [0.5, 0.6) is 0 Å². The second-order valence-electron chi connectivity index (χ2n) is 6.52. The van der Waals surface area contributed by atoms with Gasteiger partial charge in [0.05, 0.1) is 16.4 Å². The average molecular weight is 356 g/mol. The van der Waals surface area contributed by atoms with Crippen molar-refractivity contribution < 1.29 is 18.1 Å². The zero-order valence-corrected chi connectivity index (χ0v) is 14.5. The molecule has 132 valence electrons. The third-order valence-electron chi connectivity index (χ3n) is 4.64. The second kappa shape index (κ2) is 5.83. The van der Waals surface area contributed by atoms with Gasteiger partial charge in [-0.2, -0.15) is 5.10 Å². The van der Waals surface area contributed by atoms with E-state index in [-0.39, 0.29) is 47.4 Å². The predicted molar refractivity (Wildman–Crippen MR) is 85.3 cm³/mol. The van der Waals surface area contributed by atoms with Crippen LogP contribution in [0.2, 0.25) is 0 Å². The summed E-state index contributed by atoms with van der Waals surface area (Å²) < 4.78 is 24.8. The van der Waals surface area contributed by atoms with E-state index in [9.17, 15) is 23.3 Å². The first-order chi connectivity index (χ1) is 11.2. The molecule has 0 aromatic carbocycles. The third kappa shape index (κ3) is 3.14. The number of hydrogen-bond acceptors (Lipinski definition) is 6. The highest BCUT2D eigenvalue weighted by atomic mass is 32.2. The van der Waals surface area contributed by atoms with Gasteiger partial charge in [0.2, 0.25) is 5.91 Å². The van der Waals surface area contributed by atoms with Gasteiger partial charge < -0.3 is 4.90 Å². The van der Waals surface area contributed by atoms with E-state index in [0.717, 1.165) is 12.8 Å². The SMILES string of the molecule is Cc1nn(CC(=O)N(C2CC2)[C@H]2CCS(=O)(=O)C2)c(C)c1[N+](=O)[O-]. The maximum Gasteiger partial charge on any atom is 0.312 e. The fraction of sp³-hybridized carbons (Fsp3) is 0.714. The van der Waals surface area contributed by atoms with Crippen LogP contribution in [0.4, 0.5) is 5.69 Å². The number of hydrogen-bond donors (Lipinski definition) is 0. The Balaban J connectivity index is 1.80. The number of rotatable bonds is 5. The van der Waals surface area contributed by atoms with E-state index in [1.807, 2.05) is 0 Å². The van der Waals surface area contributed by atoms with Crippen LogP contribution in [0, 0.1) is 24.0 Å². The molecule has 1 aromatic heterocycles. The van der Waals surface area contributed by atoms with Crippen LogP contribution < -0.4 is 0 Å². The lowest BCUT2D eigenvalue weighted by Crippen LogP contribution is -2.44. The molecule has 1 aliphatic carbocycles. The van der Waals surface area contributed by atoms with Crippen molar-refractivity contribution in [3.05, 3.63) is 21.5 Å². The Morgan fingerprint density at radius 3 is 2.46 bits per heavy atom. The molecular weight excluding hydrogens is 336 g/mol. The Morgan fingerprint density at radius 2 is 2.00 bits per heavy atom. The molecule has 0 unspecified atom stereocenters.